The van der Waals surface area contributed by atoms with Crippen LogP contribution in [0, 0.1) is 0 Å². The molecular formula is C18H20F3N3O7. The first kappa shape index (κ1) is 25.4. The van der Waals surface area contributed by atoms with E-state index in [-0.39, 0.29) is 18.0 Å². The predicted octanol–water partition coefficient (Wildman–Crippen LogP) is 0.731. The van der Waals surface area contributed by atoms with E-state index in [1.807, 2.05) is 0 Å². The Kier molecular flexibility index (Phi) is 8.15. The summed E-state index contributed by atoms with van der Waals surface area (Å²) in [5, 5.41) is 28.0. The lowest BCUT2D eigenvalue weighted by Gasteiger charge is -2.39. The summed E-state index contributed by atoms with van der Waals surface area (Å²) in [5.74, 6) is -4.92. The van der Waals surface area contributed by atoms with E-state index < -0.39 is 42.0 Å². The van der Waals surface area contributed by atoms with Gasteiger partial charge in [-0.15, -0.1) is 0 Å². The molecule has 0 aliphatic carbocycles. The van der Waals surface area contributed by atoms with Crippen LogP contribution in [0.15, 0.2) is 35.5 Å². The minimum atomic E-state index is -5.08. The molecule has 1 aromatic carbocycles. The van der Waals surface area contributed by atoms with Gasteiger partial charge in [-0.05, 0) is 37.1 Å². The molecule has 0 saturated carbocycles. The lowest BCUT2D eigenvalue weighted by molar-refractivity contribution is -0.192. The molecule has 1 aliphatic heterocycles. The van der Waals surface area contributed by atoms with E-state index >= 15 is 0 Å². The fourth-order valence-corrected chi connectivity index (χ4v) is 2.43. The molecule has 1 aliphatic rings. The minimum absolute atomic E-state index is 0.0547. The van der Waals surface area contributed by atoms with Crippen molar-refractivity contribution in [1.82, 2.24) is 10.2 Å². The van der Waals surface area contributed by atoms with Crippen LogP contribution in [0.4, 0.5) is 13.2 Å². The van der Waals surface area contributed by atoms with Crippen molar-refractivity contribution in [2.24, 2.45) is 5.73 Å². The Morgan fingerprint density at radius 3 is 2.00 bits per heavy atom. The summed E-state index contributed by atoms with van der Waals surface area (Å²) in [5.41, 5.74) is 6.75. The van der Waals surface area contributed by atoms with Crippen LogP contribution in [-0.2, 0) is 19.2 Å². The number of carboxylic acids is 2. The van der Waals surface area contributed by atoms with Crippen LogP contribution >= 0.6 is 0 Å². The molecule has 1 aromatic rings. The van der Waals surface area contributed by atoms with Crippen molar-refractivity contribution in [3.8, 4) is 5.75 Å². The maximum atomic E-state index is 12.1. The second-order valence-corrected chi connectivity index (χ2v) is 6.54. The van der Waals surface area contributed by atoms with Crippen LogP contribution in [0.5, 0.6) is 5.75 Å². The normalized spacial score (nSPS) is 16.3. The number of nitrogens with zero attached hydrogens (tertiary/aromatic N) is 1. The zero-order valence-corrected chi connectivity index (χ0v) is 16.3. The number of allylic oxidation sites excluding steroid dienone is 1. The molecule has 1 heterocycles. The number of carboxylic acid groups (broad SMARTS) is 2. The van der Waals surface area contributed by atoms with Gasteiger partial charge in [0.1, 0.15) is 23.5 Å². The Morgan fingerprint density at radius 1 is 1.16 bits per heavy atom. The van der Waals surface area contributed by atoms with Crippen molar-refractivity contribution < 1.29 is 47.7 Å². The van der Waals surface area contributed by atoms with Crippen LogP contribution in [0.25, 0.3) is 0 Å². The number of carbonyl (C=O) groups is 4. The summed E-state index contributed by atoms with van der Waals surface area (Å²) in [6.45, 7) is 3.28. The van der Waals surface area contributed by atoms with Gasteiger partial charge in [-0.1, -0.05) is 12.1 Å². The Morgan fingerprint density at radius 2 is 1.65 bits per heavy atom. The summed E-state index contributed by atoms with van der Waals surface area (Å²) in [4.78, 5) is 45.4. The summed E-state index contributed by atoms with van der Waals surface area (Å²) in [7, 11) is 0. The van der Waals surface area contributed by atoms with Crippen LogP contribution in [-0.4, -0.2) is 62.7 Å². The number of carbonyl (C=O) groups excluding carboxylic acids is 2. The average Bonchev–Trinajstić information content (AvgIpc) is 2.65. The van der Waals surface area contributed by atoms with Crippen molar-refractivity contribution in [2.45, 2.75) is 32.1 Å². The van der Waals surface area contributed by atoms with Crippen molar-refractivity contribution in [3.05, 3.63) is 41.1 Å². The number of aromatic hydroxyl groups is 1. The van der Waals surface area contributed by atoms with Gasteiger partial charge in [0.15, 0.2) is 0 Å². The van der Waals surface area contributed by atoms with Crippen molar-refractivity contribution in [3.63, 3.8) is 0 Å². The average molecular weight is 447 g/mol. The number of hydrogen-bond donors (Lipinski definition) is 5. The smallest absolute Gasteiger partial charge is 0.490 e. The molecule has 1 fully saturated rings. The third-order valence-electron chi connectivity index (χ3n) is 3.97. The fraction of sp³-hybridized carbons (Fsp3) is 0.333. The predicted molar refractivity (Wildman–Crippen MR) is 98.4 cm³/mol. The summed E-state index contributed by atoms with van der Waals surface area (Å²) < 4.78 is 31.7. The monoisotopic (exact) mass is 447 g/mol. The number of likely N-dealkylation sites (tertiary alicyclic amines) is 1. The quantitative estimate of drug-likeness (QED) is 0.325. The SMILES string of the molecule is CC(C)=C(C(=O)O)N1CC(NC(=O)C(N)c2ccc(O)cc2)C1=O.O=C(O)C(F)(F)F. The maximum Gasteiger partial charge on any atom is 0.490 e. The van der Waals surface area contributed by atoms with Gasteiger partial charge >= 0.3 is 18.1 Å². The highest BCUT2D eigenvalue weighted by atomic mass is 19.4. The van der Waals surface area contributed by atoms with E-state index in [0.29, 0.717) is 11.1 Å². The van der Waals surface area contributed by atoms with Gasteiger partial charge in [0.25, 0.3) is 5.91 Å². The molecule has 2 rings (SSSR count). The number of amides is 2. The molecule has 0 radical (unpaired) electrons. The molecule has 170 valence electrons. The molecular weight excluding hydrogens is 427 g/mol. The summed E-state index contributed by atoms with van der Waals surface area (Å²) in [6, 6.07) is 4.06. The number of phenols is 1. The molecule has 0 spiro atoms. The fourth-order valence-electron chi connectivity index (χ4n) is 2.43. The third kappa shape index (κ3) is 6.70. The largest absolute Gasteiger partial charge is 0.508 e. The molecule has 1 saturated heterocycles. The van der Waals surface area contributed by atoms with Crippen LogP contribution < -0.4 is 11.1 Å². The van der Waals surface area contributed by atoms with E-state index in [1.54, 1.807) is 13.8 Å². The highest BCUT2D eigenvalue weighted by Crippen LogP contribution is 2.22. The van der Waals surface area contributed by atoms with E-state index in [1.165, 1.54) is 24.3 Å². The lowest BCUT2D eigenvalue weighted by atomic mass is 10.0. The van der Waals surface area contributed by atoms with Gasteiger partial charge in [-0.2, -0.15) is 13.2 Å². The first-order valence-electron chi connectivity index (χ1n) is 8.54. The molecule has 2 amide bonds. The topological polar surface area (TPSA) is 170 Å². The van der Waals surface area contributed by atoms with Crippen LogP contribution in [0.1, 0.15) is 25.5 Å². The van der Waals surface area contributed by atoms with Gasteiger partial charge in [0, 0.05) is 0 Å². The lowest BCUT2D eigenvalue weighted by Crippen LogP contribution is -2.64. The molecule has 2 unspecified atom stereocenters. The number of nitrogens with two attached hydrogens (primary N) is 1. The maximum absolute atomic E-state index is 12.1. The second-order valence-electron chi connectivity index (χ2n) is 6.54. The number of β-lactam (4-membered cyclic amide) rings is 1. The third-order valence-corrected chi connectivity index (χ3v) is 3.97. The molecule has 0 aromatic heterocycles. The first-order valence-corrected chi connectivity index (χ1v) is 8.54. The summed E-state index contributed by atoms with van der Waals surface area (Å²) in [6.07, 6.45) is -5.08. The summed E-state index contributed by atoms with van der Waals surface area (Å²) >= 11 is 0. The molecule has 13 heteroatoms. The number of halogens is 3. The van der Waals surface area contributed by atoms with E-state index in [2.05, 4.69) is 5.32 Å². The van der Waals surface area contributed by atoms with E-state index in [9.17, 15) is 32.7 Å². The Labute approximate surface area is 173 Å². The minimum Gasteiger partial charge on any atom is -0.508 e. The van der Waals surface area contributed by atoms with Gasteiger partial charge < -0.3 is 31.3 Å². The highest BCUT2D eigenvalue weighted by Gasteiger charge is 2.42. The standard InChI is InChI=1S/C16H19N3O5.C2HF3O2/c1-8(2)13(16(23)24)19-7-11(15(19)22)18-14(21)12(17)9-3-5-10(20)6-4-9;3-2(4,5)1(6)7/h3-6,11-12,20H,7,17H2,1-2H3,(H,18,21)(H,23,24);(H,6,7). The Bertz CT molecular complexity index is 894. The molecule has 2 atom stereocenters. The molecule has 6 N–H and O–H groups in total. The van der Waals surface area contributed by atoms with Gasteiger partial charge in [0.2, 0.25) is 5.91 Å². The Hall–Kier alpha value is -3.61. The van der Waals surface area contributed by atoms with Gasteiger partial charge in [-0.3, -0.25) is 9.59 Å². The van der Waals surface area contributed by atoms with Crippen LogP contribution in [0.2, 0.25) is 0 Å². The van der Waals surface area contributed by atoms with Crippen molar-refractivity contribution >= 4 is 23.8 Å². The number of rotatable bonds is 5. The first-order chi connectivity index (χ1) is 14.2. The van der Waals surface area contributed by atoms with Crippen molar-refractivity contribution in [2.75, 3.05) is 6.54 Å². The number of benzene rings is 1. The number of hydrogen-bond acceptors (Lipinski definition) is 6. The van der Waals surface area contributed by atoms with Gasteiger partial charge in [-0.25, -0.2) is 9.59 Å². The number of aliphatic carboxylic acids is 2. The number of nitrogens with one attached hydrogen (secondary N) is 1. The van der Waals surface area contributed by atoms with E-state index in [4.69, 9.17) is 20.7 Å². The van der Waals surface area contributed by atoms with Gasteiger partial charge in [0.05, 0.1) is 6.54 Å². The Balaban J connectivity index is 0.000000592. The number of phenolic OH excluding ortho intramolecular Hbond substituents is 1. The highest BCUT2D eigenvalue weighted by molar-refractivity contribution is 6.00. The zero-order chi connectivity index (χ0) is 24.1. The van der Waals surface area contributed by atoms with Crippen molar-refractivity contribution in [1.29, 1.82) is 0 Å². The molecule has 0 bridgehead atoms. The van der Waals surface area contributed by atoms with E-state index in [0.717, 1.165) is 4.90 Å². The van der Waals surface area contributed by atoms with Crippen LogP contribution in [0.3, 0.4) is 0 Å². The zero-order valence-electron chi connectivity index (χ0n) is 16.3. The number of alkyl halides is 3. The molecule has 10 nitrogen and oxygen atoms in total. The second kappa shape index (κ2) is 9.93. The molecule has 31 heavy (non-hydrogen) atoms.